The molecule has 2 aromatic rings. The first kappa shape index (κ1) is 12.5. The van der Waals surface area contributed by atoms with Crippen LogP contribution in [0, 0.1) is 11.3 Å². The first-order valence-electron chi connectivity index (χ1n) is 5.38. The Bertz CT molecular complexity index is 588. The number of anilines is 1. The van der Waals surface area contributed by atoms with Crippen LogP contribution in [0.2, 0.25) is 0 Å². The highest BCUT2D eigenvalue weighted by Crippen LogP contribution is 2.30. The zero-order valence-corrected chi connectivity index (χ0v) is 11.4. The van der Waals surface area contributed by atoms with Crippen molar-refractivity contribution in [2.75, 3.05) is 12.4 Å². The van der Waals surface area contributed by atoms with Crippen LogP contribution in [-0.2, 0) is 0 Å². The third kappa shape index (κ3) is 2.82. The highest BCUT2D eigenvalue weighted by atomic mass is 79.9. The van der Waals surface area contributed by atoms with E-state index < -0.39 is 0 Å². The van der Waals surface area contributed by atoms with Crippen molar-refractivity contribution in [3.8, 4) is 17.6 Å². The number of nitriles is 1. The van der Waals surface area contributed by atoms with E-state index in [0.717, 1.165) is 15.9 Å². The maximum atomic E-state index is 8.78. The summed E-state index contributed by atoms with van der Waals surface area (Å²) < 4.78 is 6.49. The lowest BCUT2D eigenvalue weighted by molar-refractivity contribution is 0.479. The van der Waals surface area contributed by atoms with Gasteiger partial charge < -0.3 is 10.1 Å². The van der Waals surface area contributed by atoms with Crippen molar-refractivity contribution in [1.29, 1.82) is 5.26 Å². The fourth-order valence-corrected chi connectivity index (χ4v) is 1.93. The molecule has 0 aliphatic carbocycles. The van der Waals surface area contributed by atoms with Gasteiger partial charge in [-0.3, -0.25) is 0 Å². The predicted octanol–water partition coefficient (Wildman–Crippen LogP) is 4.15. The number of hydrogen-bond acceptors (Lipinski definition) is 3. The number of nitrogens with zero attached hydrogens (tertiary/aromatic N) is 1. The van der Waals surface area contributed by atoms with Crippen molar-refractivity contribution in [2.45, 2.75) is 0 Å². The Labute approximate surface area is 114 Å². The van der Waals surface area contributed by atoms with Gasteiger partial charge in [0.15, 0.2) is 0 Å². The summed E-state index contributed by atoms with van der Waals surface area (Å²) in [4.78, 5) is 0. The Morgan fingerprint density at radius 1 is 1.17 bits per heavy atom. The van der Waals surface area contributed by atoms with Crippen molar-refractivity contribution in [3.63, 3.8) is 0 Å². The fraction of sp³-hybridized carbons (Fsp3) is 0.0714. The molecule has 0 amide bonds. The third-order valence-electron chi connectivity index (χ3n) is 2.43. The van der Waals surface area contributed by atoms with Gasteiger partial charge in [0.25, 0.3) is 0 Å². The minimum absolute atomic E-state index is 0.597. The Balaban J connectivity index is 2.20. The van der Waals surface area contributed by atoms with E-state index in [1.807, 2.05) is 31.3 Å². The largest absolute Gasteiger partial charge is 0.456 e. The van der Waals surface area contributed by atoms with Crippen molar-refractivity contribution in [1.82, 2.24) is 0 Å². The van der Waals surface area contributed by atoms with Gasteiger partial charge >= 0.3 is 0 Å². The number of nitrogens with one attached hydrogen (secondary N) is 1. The van der Waals surface area contributed by atoms with E-state index in [0.29, 0.717) is 11.3 Å². The van der Waals surface area contributed by atoms with Gasteiger partial charge in [-0.05, 0) is 58.4 Å². The molecule has 0 heterocycles. The van der Waals surface area contributed by atoms with Crippen LogP contribution in [0.1, 0.15) is 5.56 Å². The van der Waals surface area contributed by atoms with Gasteiger partial charge in [-0.25, -0.2) is 0 Å². The SMILES string of the molecule is CNc1ccc(Oc2ccc(C#N)cc2Br)cc1. The highest BCUT2D eigenvalue weighted by molar-refractivity contribution is 9.10. The first-order chi connectivity index (χ1) is 8.72. The second-order valence-corrected chi connectivity index (χ2v) is 4.49. The monoisotopic (exact) mass is 302 g/mol. The minimum atomic E-state index is 0.597. The molecule has 1 N–H and O–H groups in total. The van der Waals surface area contributed by atoms with Gasteiger partial charge in [0.1, 0.15) is 11.5 Å². The molecule has 90 valence electrons. The minimum Gasteiger partial charge on any atom is -0.456 e. The molecule has 0 aliphatic heterocycles. The zero-order chi connectivity index (χ0) is 13.0. The van der Waals surface area contributed by atoms with Crippen LogP contribution in [0.15, 0.2) is 46.9 Å². The second-order valence-electron chi connectivity index (χ2n) is 3.63. The lowest BCUT2D eigenvalue weighted by atomic mass is 10.2. The first-order valence-corrected chi connectivity index (χ1v) is 6.17. The normalized spacial score (nSPS) is 9.61. The Morgan fingerprint density at radius 2 is 1.89 bits per heavy atom. The maximum absolute atomic E-state index is 8.78. The number of halogens is 1. The molecule has 0 spiro atoms. The van der Waals surface area contributed by atoms with Gasteiger partial charge in [0, 0.05) is 12.7 Å². The van der Waals surface area contributed by atoms with Gasteiger partial charge in [-0.1, -0.05) is 0 Å². The molecule has 0 bridgehead atoms. The van der Waals surface area contributed by atoms with E-state index in [4.69, 9.17) is 10.00 Å². The van der Waals surface area contributed by atoms with E-state index in [1.165, 1.54) is 0 Å². The van der Waals surface area contributed by atoms with Gasteiger partial charge in [0.2, 0.25) is 0 Å². The summed E-state index contributed by atoms with van der Waals surface area (Å²) in [5.41, 5.74) is 1.63. The van der Waals surface area contributed by atoms with Crippen LogP contribution < -0.4 is 10.1 Å². The molecule has 0 radical (unpaired) electrons. The van der Waals surface area contributed by atoms with Crippen LogP contribution in [0.4, 0.5) is 5.69 Å². The molecule has 0 aliphatic rings. The van der Waals surface area contributed by atoms with E-state index in [-0.39, 0.29) is 0 Å². The average Bonchev–Trinajstić information content (AvgIpc) is 2.42. The van der Waals surface area contributed by atoms with E-state index in [1.54, 1.807) is 18.2 Å². The number of ether oxygens (including phenoxy) is 1. The molecular weight excluding hydrogens is 292 g/mol. The molecule has 3 nitrogen and oxygen atoms in total. The summed E-state index contributed by atoms with van der Waals surface area (Å²) in [6, 6.07) is 15.0. The van der Waals surface area contributed by atoms with Crippen molar-refractivity contribution in [3.05, 3.63) is 52.5 Å². The molecule has 0 saturated heterocycles. The van der Waals surface area contributed by atoms with E-state index in [2.05, 4.69) is 27.3 Å². The summed E-state index contributed by atoms with van der Waals surface area (Å²) in [6.45, 7) is 0. The van der Waals surface area contributed by atoms with Crippen LogP contribution in [0.25, 0.3) is 0 Å². The standard InChI is InChI=1S/C14H11BrN2O/c1-17-11-3-5-12(6-4-11)18-14-7-2-10(9-16)8-13(14)15/h2-8,17H,1H3. The molecule has 18 heavy (non-hydrogen) atoms. The van der Waals surface area contributed by atoms with Crippen molar-refractivity contribution in [2.24, 2.45) is 0 Å². The summed E-state index contributed by atoms with van der Waals surface area (Å²) in [6.07, 6.45) is 0. The molecule has 0 atom stereocenters. The zero-order valence-electron chi connectivity index (χ0n) is 9.77. The molecule has 0 aromatic heterocycles. The molecule has 2 rings (SSSR count). The summed E-state index contributed by atoms with van der Waals surface area (Å²) in [5.74, 6) is 1.44. The Hall–Kier alpha value is -1.99. The van der Waals surface area contributed by atoms with Crippen LogP contribution in [0.3, 0.4) is 0 Å². The van der Waals surface area contributed by atoms with Crippen molar-refractivity contribution < 1.29 is 4.74 Å². The van der Waals surface area contributed by atoms with Gasteiger partial charge in [-0.15, -0.1) is 0 Å². The van der Waals surface area contributed by atoms with Crippen LogP contribution in [0.5, 0.6) is 11.5 Å². The quantitative estimate of drug-likeness (QED) is 0.926. The summed E-state index contributed by atoms with van der Waals surface area (Å²) in [7, 11) is 1.87. The summed E-state index contributed by atoms with van der Waals surface area (Å²) in [5, 5.41) is 11.8. The number of hydrogen-bond donors (Lipinski definition) is 1. The number of benzene rings is 2. The van der Waals surface area contributed by atoms with Crippen LogP contribution in [-0.4, -0.2) is 7.05 Å². The Morgan fingerprint density at radius 3 is 2.44 bits per heavy atom. The molecule has 0 fully saturated rings. The maximum Gasteiger partial charge on any atom is 0.141 e. The second kappa shape index (κ2) is 5.56. The molecule has 2 aromatic carbocycles. The van der Waals surface area contributed by atoms with Crippen molar-refractivity contribution >= 4 is 21.6 Å². The Kier molecular flexibility index (Phi) is 3.85. The van der Waals surface area contributed by atoms with Gasteiger partial charge in [-0.2, -0.15) is 5.26 Å². The topological polar surface area (TPSA) is 45.0 Å². The lowest BCUT2D eigenvalue weighted by Gasteiger charge is -2.08. The highest BCUT2D eigenvalue weighted by Gasteiger charge is 2.04. The molecule has 0 saturated carbocycles. The van der Waals surface area contributed by atoms with E-state index in [9.17, 15) is 0 Å². The lowest BCUT2D eigenvalue weighted by Crippen LogP contribution is -1.89. The van der Waals surface area contributed by atoms with E-state index >= 15 is 0 Å². The summed E-state index contributed by atoms with van der Waals surface area (Å²) >= 11 is 3.39. The molecular formula is C14H11BrN2O. The third-order valence-corrected chi connectivity index (χ3v) is 3.05. The van der Waals surface area contributed by atoms with Gasteiger partial charge in [0.05, 0.1) is 16.1 Å². The van der Waals surface area contributed by atoms with Crippen LogP contribution >= 0.6 is 15.9 Å². The average molecular weight is 303 g/mol. The molecule has 0 unspecified atom stereocenters. The fourth-order valence-electron chi connectivity index (χ4n) is 1.47. The smallest absolute Gasteiger partial charge is 0.141 e. The molecule has 4 heteroatoms. The number of rotatable bonds is 3. The predicted molar refractivity (Wildman–Crippen MR) is 74.9 cm³/mol.